The first-order chi connectivity index (χ1) is 8.04. The van der Waals surface area contributed by atoms with Crippen molar-refractivity contribution in [1.29, 1.82) is 0 Å². The Morgan fingerprint density at radius 1 is 1.28 bits per heavy atom. The van der Waals surface area contributed by atoms with Gasteiger partial charge in [0.1, 0.15) is 6.04 Å². The van der Waals surface area contributed by atoms with Gasteiger partial charge in [-0.2, -0.15) is 13.2 Å². The van der Waals surface area contributed by atoms with E-state index in [4.69, 9.17) is 5.73 Å². The number of carbonyl (C=O) groups is 3. The van der Waals surface area contributed by atoms with Crippen LogP contribution >= 0.6 is 0 Å². The quantitative estimate of drug-likeness (QED) is 0.679. The van der Waals surface area contributed by atoms with Crippen molar-refractivity contribution in [3.63, 3.8) is 0 Å². The molecular weight excluding hydrogens is 257 g/mol. The first kappa shape index (κ1) is 16.2. The van der Waals surface area contributed by atoms with Crippen LogP contribution in [0.2, 0.25) is 0 Å². The van der Waals surface area contributed by atoms with Crippen molar-refractivity contribution >= 4 is 17.8 Å². The summed E-state index contributed by atoms with van der Waals surface area (Å²) in [5, 5.41) is 1.35. The van der Waals surface area contributed by atoms with E-state index in [1.54, 1.807) is 0 Å². The van der Waals surface area contributed by atoms with E-state index in [9.17, 15) is 27.6 Å². The molecule has 0 aromatic carbocycles. The lowest BCUT2D eigenvalue weighted by molar-refractivity contribution is -0.176. The van der Waals surface area contributed by atoms with Gasteiger partial charge in [-0.3, -0.25) is 9.59 Å². The Balaban J connectivity index is 4.74. The summed E-state index contributed by atoms with van der Waals surface area (Å²) in [6, 6.07) is -1.75. The highest BCUT2D eigenvalue weighted by Crippen LogP contribution is 2.15. The van der Waals surface area contributed by atoms with Crippen molar-refractivity contribution in [3.8, 4) is 0 Å². The number of carbonyl (C=O) groups excluding carboxylic acids is 3. The number of alkyl halides is 3. The zero-order valence-electron chi connectivity index (χ0n) is 9.71. The molecule has 0 spiro atoms. The van der Waals surface area contributed by atoms with Crippen LogP contribution in [0.4, 0.5) is 13.2 Å². The van der Waals surface area contributed by atoms with Crippen LogP contribution in [0.25, 0.3) is 0 Å². The topological polar surface area (TPSA) is 98.5 Å². The smallest absolute Gasteiger partial charge is 0.461 e. The zero-order chi connectivity index (χ0) is 14.5. The second-order valence-electron chi connectivity index (χ2n) is 3.68. The first-order valence-electron chi connectivity index (χ1n) is 4.90. The van der Waals surface area contributed by atoms with E-state index < -0.39 is 42.5 Å². The van der Waals surface area contributed by atoms with Crippen LogP contribution in [-0.2, 0) is 19.1 Å². The Hall–Kier alpha value is -1.80. The van der Waals surface area contributed by atoms with Crippen molar-refractivity contribution in [3.05, 3.63) is 0 Å². The third-order valence-electron chi connectivity index (χ3n) is 1.60. The van der Waals surface area contributed by atoms with E-state index in [1.165, 1.54) is 19.2 Å². The Labute approximate surface area is 101 Å². The van der Waals surface area contributed by atoms with Gasteiger partial charge >= 0.3 is 18.1 Å². The van der Waals surface area contributed by atoms with Crippen LogP contribution in [0.5, 0.6) is 0 Å². The Kier molecular flexibility index (Phi) is 5.60. The molecule has 0 fully saturated rings. The molecule has 6 nitrogen and oxygen atoms in total. The highest BCUT2D eigenvalue weighted by atomic mass is 19.4. The average Bonchev–Trinajstić information content (AvgIpc) is 2.12. The van der Waals surface area contributed by atoms with Gasteiger partial charge in [-0.25, -0.2) is 4.79 Å². The fourth-order valence-corrected chi connectivity index (χ4v) is 0.949. The summed E-state index contributed by atoms with van der Waals surface area (Å²) in [7, 11) is 0. The third kappa shape index (κ3) is 6.06. The number of rotatable bonds is 5. The lowest BCUT2D eigenvalue weighted by Gasteiger charge is -2.18. The van der Waals surface area contributed by atoms with Crippen molar-refractivity contribution < 1.29 is 32.3 Å². The molecule has 9 heteroatoms. The summed E-state index contributed by atoms with van der Waals surface area (Å²) in [5.41, 5.74) is 4.77. The predicted octanol–water partition coefficient (Wildman–Crippen LogP) is -0.140. The molecule has 0 heterocycles. The standard InChI is InChI=1S/C9H13F3N2O4/c1-4(2)18-7(16)5(3-6(13)15)14-8(17)9(10,11)12/h4-5H,3H2,1-2H3,(H2,13,15)(H,14,17). The molecule has 18 heavy (non-hydrogen) atoms. The molecule has 2 amide bonds. The highest BCUT2D eigenvalue weighted by Gasteiger charge is 2.41. The maximum atomic E-state index is 12.0. The van der Waals surface area contributed by atoms with Crippen molar-refractivity contribution in [2.75, 3.05) is 0 Å². The summed E-state index contributed by atoms with van der Waals surface area (Å²) in [6.45, 7) is 2.93. The first-order valence-corrected chi connectivity index (χ1v) is 4.90. The molecule has 0 aromatic heterocycles. The lowest BCUT2D eigenvalue weighted by Crippen LogP contribution is -2.49. The minimum Gasteiger partial charge on any atom is -0.461 e. The largest absolute Gasteiger partial charge is 0.471 e. The molecule has 0 aromatic rings. The molecule has 1 unspecified atom stereocenters. The second kappa shape index (κ2) is 6.22. The van der Waals surface area contributed by atoms with Gasteiger partial charge in [-0.1, -0.05) is 0 Å². The van der Waals surface area contributed by atoms with Crippen LogP contribution in [0.3, 0.4) is 0 Å². The summed E-state index contributed by atoms with van der Waals surface area (Å²) in [6.07, 6.45) is -6.53. The van der Waals surface area contributed by atoms with E-state index in [1.807, 2.05) is 0 Å². The van der Waals surface area contributed by atoms with Gasteiger partial charge in [0.15, 0.2) is 0 Å². The predicted molar refractivity (Wildman–Crippen MR) is 53.0 cm³/mol. The Morgan fingerprint density at radius 3 is 2.11 bits per heavy atom. The maximum absolute atomic E-state index is 12.0. The Bertz CT molecular complexity index is 341. The van der Waals surface area contributed by atoms with Crippen LogP contribution in [0.1, 0.15) is 20.3 Å². The summed E-state index contributed by atoms with van der Waals surface area (Å²) in [4.78, 5) is 32.6. The molecule has 0 aliphatic rings. The van der Waals surface area contributed by atoms with Crippen LogP contribution in [-0.4, -0.2) is 36.1 Å². The minimum atomic E-state index is -5.16. The molecule has 1 atom stereocenters. The second-order valence-corrected chi connectivity index (χ2v) is 3.68. The molecular formula is C9H13F3N2O4. The SMILES string of the molecule is CC(C)OC(=O)C(CC(N)=O)NC(=O)C(F)(F)F. The van der Waals surface area contributed by atoms with Crippen LogP contribution in [0, 0.1) is 0 Å². The minimum absolute atomic E-state index is 0.601. The number of nitrogens with one attached hydrogen (secondary N) is 1. The molecule has 0 saturated carbocycles. The fraction of sp³-hybridized carbons (Fsp3) is 0.667. The third-order valence-corrected chi connectivity index (χ3v) is 1.60. The molecule has 3 N–H and O–H groups in total. The lowest BCUT2D eigenvalue weighted by atomic mass is 10.2. The number of nitrogens with two attached hydrogens (primary N) is 1. The zero-order valence-corrected chi connectivity index (χ0v) is 9.71. The van der Waals surface area contributed by atoms with Crippen molar-refractivity contribution in [2.24, 2.45) is 5.73 Å². The monoisotopic (exact) mass is 270 g/mol. The van der Waals surface area contributed by atoms with E-state index in [0.717, 1.165) is 0 Å². The van der Waals surface area contributed by atoms with E-state index >= 15 is 0 Å². The van der Waals surface area contributed by atoms with Gasteiger partial charge in [0.2, 0.25) is 5.91 Å². The number of halogens is 3. The van der Waals surface area contributed by atoms with E-state index in [2.05, 4.69) is 4.74 Å². The van der Waals surface area contributed by atoms with Gasteiger partial charge in [0.05, 0.1) is 12.5 Å². The van der Waals surface area contributed by atoms with Gasteiger partial charge in [0, 0.05) is 0 Å². The van der Waals surface area contributed by atoms with Crippen LogP contribution < -0.4 is 11.1 Å². The maximum Gasteiger partial charge on any atom is 0.471 e. The summed E-state index contributed by atoms with van der Waals surface area (Å²) >= 11 is 0. The van der Waals surface area contributed by atoms with Crippen molar-refractivity contribution in [1.82, 2.24) is 5.32 Å². The molecule has 104 valence electrons. The molecule has 0 rings (SSSR count). The molecule has 0 saturated heterocycles. The average molecular weight is 270 g/mol. The number of esters is 1. The molecule has 0 aliphatic carbocycles. The number of ether oxygens (including phenoxy) is 1. The normalized spacial score (nSPS) is 13.0. The van der Waals surface area contributed by atoms with Crippen molar-refractivity contribution in [2.45, 2.75) is 38.6 Å². The van der Waals surface area contributed by atoms with E-state index in [0.29, 0.717) is 0 Å². The summed E-state index contributed by atoms with van der Waals surface area (Å²) in [5.74, 6) is -4.53. The highest BCUT2D eigenvalue weighted by molar-refractivity contribution is 5.90. The van der Waals surface area contributed by atoms with Gasteiger partial charge < -0.3 is 15.8 Å². The molecule has 0 bridgehead atoms. The van der Waals surface area contributed by atoms with Gasteiger partial charge in [0.25, 0.3) is 0 Å². The van der Waals surface area contributed by atoms with E-state index in [-0.39, 0.29) is 0 Å². The number of hydrogen-bond acceptors (Lipinski definition) is 4. The fourth-order valence-electron chi connectivity index (χ4n) is 0.949. The van der Waals surface area contributed by atoms with Gasteiger partial charge in [-0.15, -0.1) is 0 Å². The molecule has 0 aliphatic heterocycles. The number of hydrogen-bond donors (Lipinski definition) is 2. The Morgan fingerprint density at radius 2 is 1.78 bits per heavy atom. The summed E-state index contributed by atoms with van der Waals surface area (Å²) < 4.78 is 40.6. The number of amides is 2. The molecule has 0 radical (unpaired) electrons. The number of primary amides is 1. The van der Waals surface area contributed by atoms with Gasteiger partial charge in [-0.05, 0) is 13.8 Å². The van der Waals surface area contributed by atoms with Crippen LogP contribution in [0.15, 0.2) is 0 Å².